The molecule has 1 aliphatic rings. The molecule has 1 amide bonds. The first-order valence-electron chi connectivity index (χ1n) is 10.8. The maximum absolute atomic E-state index is 13.2. The Labute approximate surface area is 191 Å². The minimum absolute atomic E-state index is 0.216. The van der Waals surface area contributed by atoms with Crippen molar-refractivity contribution in [1.29, 1.82) is 0 Å². The molecule has 0 aliphatic carbocycles. The summed E-state index contributed by atoms with van der Waals surface area (Å²) in [6.45, 7) is 3.94. The highest BCUT2D eigenvalue weighted by atomic mass is 16.5. The first-order valence-corrected chi connectivity index (χ1v) is 10.8. The molecule has 2 aromatic carbocycles. The number of likely N-dealkylation sites (N-methyl/N-ethyl adjacent to an activating group) is 1. The van der Waals surface area contributed by atoms with Crippen LogP contribution in [0.15, 0.2) is 48.5 Å². The minimum Gasteiger partial charge on any atom is -0.465 e. The Morgan fingerprint density at radius 2 is 1.82 bits per heavy atom. The van der Waals surface area contributed by atoms with E-state index < -0.39 is 24.5 Å². The van der Waals surface area contributed by atoms with Crippen LogP contribution < -0.4 is 5.32 Å². The first-order chi connectivity index (χ1) is 16.0. The molecular weight excluding hydrogens is 422 g/mol. The van der Waals surface area contributed by atoms with E-state index in [9.17, 15) is 14.4 Å². The van der Waals surface area contributed by atoms with Crippen molar-refractivity contribution < 1.29 is 23.9 Å². The van der Waals surface area contributed by atoms with Gasteiger partial charge in [0.15, 0.2) is 6.61 Å². The molecule has 8 nitrogen and oxygen atoms in total. The predicted octanol–water partition coefficient (Wildman–Crippen LogP) is 3.19. The number of carbonyl (C=O) groups excluding carboxylic acids is 3. The molecule has 1 aliphatic heterocycles. The van der Waals surface area contributed by atoms with Gasteiger partial charge in [0.25, 0.3) is 5.91 Å². The summed E-state index contributed by atoms with van der Waals surface area (Å²) in [7, 11) is 1.27. The predicted molar refractivity (Wildman–Crippen MR) is 123 cm³/mol. The number of carbonyl (C=O) groups is 3. The number of anilines is 1. The maximum atomic E-state index is 13.2. The van der Waals surface area contributed by atoms with Gasteiger partial charge in [-0.25, -0.2) is 9.59 Å². The average molecular weight is 447 g/mol. The quantitative estimate of drug-likeness (QED) is 0.580. The zero-order valence-electron chi connectivity index (χ0n) is 18.6. The fourth-order valence-electron chi connectivity index (χ4n) is 4.02. The highest BCUT2D eigenvalue weighted by Crippen LogP contribution is 2.28. The summed E-state index contributed by atoms with van der Waals surface area (Å²) in [6, 6.07) is 13.9. The van der Waals surface area contributed by atoms with Gasteiger partial charge in [0.1, 0.15) is 0 Å². The Hall–Kier alpha value is -3.78. The number of hydrogen-bond acceptors (Lipinski definition) is 7. The monoisotopic (exact) mass is 447 g/mol. The molecule has 33 heavy (non-hydrogen) atoms. The van der Waals surface area contributed by atoms with E-state index in [0.717, 1.165) is 36.3 Å². The fraction of sp³-hybridized carbons (Fsp3) is 0.280. The Bertz CT molecular complexity index is 1220. The van der Waals surface area contributed by atoms with E-state index in [1.165, 1.54) is 7.11 Å². The topological polar surface area (TPSA) is 97.8 Å². The second kappa shape index (κ2) is 9.79. The second-order valence-electron chi connectivity index (χ2n) is 7.71. The largest absolute Gasteiger partial charge is 0.465 e. The SMILES string of the molecule is CCN1CCc2nc3ccccc3c(C(=O)OCC(=O)Nc3ccccc3C(=O)OC)c2C1. The average Bonchev–Trinajstić information content (AvgIpc) is 2.85. The number of para-hydroxylation sites is 2. The standard InChI is InChI=1S/C25H25N3O5/c1-3-28-13-12-21-18(14-28)23(16-8-4-6-10-19(16)26-21)25(31)33-15-22(29)27-20-11-7-5-9-17(20)24(30)32-2/h4-11H,3,12-15H2,1-2H3,(H,27,29). The Balaban J connectivity index is 1.55. The summed E-state index contributed by atoms with van der Waals surface area (Å²) in [4.78, 5) is 44.6. The summed E-state index contributed by atoms with van der Waals surface area (Å²) in [6.07, 6.45) is 0.749. The van der Waals surface area contributed by atoms with Crippen molar-refractivity contribution in [2.24, 2.45) is 0 Å². The third-order valence-corrected chi connectivity index (χ3v) is 5.72. The van der Waals surface area contributed by atoms with Crippen LogP contribution in [-0.4, -0.2) is 54.5 Å². The molecule has 3 aromatic rings. The number of pyridine rings is 1. The molecule has 0 spiro atoms. The minimum atomic E-state index is -0.571. The Morgan fingerprint density at radius 3 is 2.61 bits per heavy atom. The van der Waals surface area contributed by atoms with Gasteiger partial charge < -0.3 is 14.8 Å². The summed E-state index contributed by atoms with van der Waals surface area (Å²) in [5.41, 5.74) is 3.43. The molecule has 0 radical (unpaired) electrons. The van der Waals surface area contributed by atoms with Gasteiger partial charge in [-0.05, 0) is 24.7 Å². The zero-order chi connectivity index (χ0) is 23.4. The lowest BCUT2D eigenvalue weighted by Gasteiger charge is -2.28. The number of methoxy groups -OCH3 is 1. The van der Waals surface area contributed by atoms with E-state index >= 15 is 0 Å². The summed E-state index contributed by atoms with van der Waals surface area (Å²) in [5, 5.41) is 3.31. The van der Waals surface area contributed by atoms with Gasteiger partial charge in [0, 0.05) is 36.2 Å². The molecule has 2 heterocycles. The second-order valence-corrected chi connectivity index (χ2v) is 7.71. The van der Waals surface area contributed by atoms with Gasteiger partial charge in [-0.15, -0.1) is 0 Å². The number of aromatic nitrogens is 1. The van der Waals surface area contributed by atoms with Gasteiger partial charge in [-0.3, -0.25) is 14.7 Å². The number of hydrogen-bond donors (Lipinski definition) is 1. The highest BCUT2D eigenvalue weighted by Gasteiger charge is 2.26. The van der Waals surface area contributed by atoms with Gasteiger partial charge in [-0.2, -0.15) is 0 Å². The van der Waals surface area contributed by atoms with Crippen LogP contribution in [0.3, 0.4) is 0 Å². The lowest BCUT2D eigenvalue weighted by molar-refractivity contribution is -0.119. The van der Waals surface area contributed by atoms with E-state index in [1.54, 1.807) is 24.3 Å². The van der Waals surface area contributed by atoms with Gasteiger partial charge >= 0.3 is 11.9 Å². The van der Waals surface area contributed by atoms with Crippen molar-refractivity contribution in [2.75, 3.05) is 32.1 Å². The summed E-state index contributed by atoms with van der Waals surface area (Å²) >= 11 is 0. The van der Waals surface area contributed by atoms with Crippen molar-refractivity contribution in [1.82, 2.24) is 9.88 Å². The number of nitrogens with one attached hydrogen (secondary N) is 1. The molecule has 0 fully saturated rings. The fourth-order valence-corrected chi connectivity index (χ4v) is 4.02. The Morgan fingerprint density at radius 1 is 1.06 bits per heavy atom. The van der Waals surface area contributed by atoms with E-state index in [1.807, 2.05) is 24.3 Å². The summed E-state index contributed by atoms with van der Waals surface area (Å²) < 4.78 is 10.2. The molecule has 8 heteroatoms. The van der Waals surface area contributed by atoms with E-state index in [2.05, 4.69) is 17.1 Å². The van der Waals surface area contributed by atoms with Crippen LogP contribution in [0.2, 0.25) is 0 Å². The number of fused-ring (bicyclic) bond motifs is 2. The van der Waals surface area contributed by atoms with Crippen molar-refractivity contribution in [3.63, 3.8) is 0 Å². The molecule has 0 saturated carbocycles. The van der Waals surface area contributed by atoms with Gasteiger partial charge in [0.05, 0.1) is 29.4 Å². The van der Waals surface area contributed by atoms with Crippen molar-refractivity contribution in [2.45, 2.75) is 19.9 Å². The third kappa shape index (κ3) is 4.70. The molecule has 1 aromatic heterocycles. The van der Waals surface area contributed by atoms with E-state index in [0.29, 0.717) is 17.5 Å². The summed E-state index contributed by atoms with van der Waals surface area (Å²) in [5.74, 6) is -1.69. The van der Waals surface area contributed by atoms with Gasteiger partial charge in [-0.1, -0.05) is 37.3 Å². The molecule has 1 N–H and O–H groups in total. The van der Waals surface area contributed by atoms with Crippen LogP contribution in [0.1, 0.15) is 38.9 Å². The Kier molecular flexibility index (Phi) is 6.65. The van der Waals surface area contributed by atoms with Crippen LogP contribution >= 0.6 is 0 Å². The maximum Gasteiger partial charge on any atom is 0.339 e. The zero-order valence-corrected chi connectivity index (χ0v) is 18.6. The number of rotatable bonds is 6. The molecule has 0 unspecified atom stereocenters. The van der Waals surface area contributed by atoms with Crippen molar-refractivity contribution in [3.8, 4) is 0 Å². The lowest BCUT2D eigenvalue weighted by atomic mass is 9.96. The molecule has 0 bridgehead atoms. The van der Waals surface area contributed by atoms with Crippen LogP contribution in [0.4, 0.5) is 5.69 Å². The lowest BCUT2D eigenvalue weighted by Crippen LogP contribution is -2.32. The van der Waals surface area contributed by atoms with Crippen LogP contribution in [0.5, 0.6) is 0 Å². The number of esters is 2. The molecule has 4 rings (SSSR count). The van der Waals surface area contributed by atoms with E-state index in [4.69, 9.17) is 14.5 Å². The molecular formula is C25H25N3O5. The number of benzene rings is 2. The van der Waals surface area contributed by atoms with Crippen molar-refractivity contribution >= 4 is 34.4 Å². The number of nitrogens with zero attached hydrogens (tertiary/aromatic N) is 2. The van der Waals surface area contributed by atoms with Crippen LogP contribution in [-0.2, 0) is 27.2 Å². The normalized spacial score (nSPS) is 13.3. The third-order valence-electron chi connectivity index (χ3n) is 5.72. The van der Waals surface area contributed by atoms with Crippen molar-refractivity contribution in [3.05, 3.63) is 70.9 Å². The number of amides is 1. The molecule has 0 atom stereocenters. The first kappa shape index (κ1) is 22.4. The molecule has 0 saturated heterocycles. The van der Waals surface area contributed by atoms with Crippen LogP contribution in [0, 0.1) is 0 Å². The smallest absolute Gasteiger partial charge is 0.339 e. The van der Waals surface area contributed by atoms with Gasteiger partial charge in [0.2, 0.25) is 0 Å². The van der Waals surface area contributed by atoms with E-state index in [-0.39, 0.29) is 11.3 Å². The number of ether oxygens (including phenoxy) is 2. The molecule has 170 valence electrons. The van der Waals surface area contributed by atoms with Crippen LogP contribution in [0.25, 0.3) is 10.9 Å². The highest BCUT2D eigenvalue weighted by molar-refractivity contribution is 6.06.